The van der Waals surface area contributed by atoms with E-state index in [0.717, 1.165) is 8.84 Å². The molecular weight excluding hydrogens is 287 g/mol. The Labute approximate surface area is 88.8 Å². The van der Waals surface area contributed by atoms with E-state index in [4.69, 9.17) is 4.74 Å². The number of rotatable bonds is 3. The van der Waals surface area contributed by atoms with Crippen LogP contribution in [-0.4, -0.2) is 16.5 Å². The SMILES string of the molecule is COC(c1nsc(I)n1)C1CC1. The minimum absolute atomic E-state index is 0.143. The van der Waals surface area contributed by atoms with E-state index in [1.54, 1.807) is 7.11 Å². The molecule has 1 aliphatic carbocycles. The van der Waals surface area contributed by atoms with Crippen LogP contribution in [0.2, 0.25) is 0 Å². The van der Waals surface area contributed by atoms with Crippen molar-refractivity contribution in [1.82, 2.24) is 9.36 Å². The average molecular weight is 296 g/mol. The fraction of sp³-hybridized carbons (Fsp3) is 0.714. The van der Waals surface area contributed by atoms with Gasteiger partial charge in [-0.1, -0.05) is 0 Å². The quantitative estimate of drug-likeness (QED) is 0.802. The molecule has 66 valence electrons. The highest BCUT2D eigenvalue weighted by molar-refractivity contribution is 14.1. The molecule has 0 spiro atoms. The standard InChI is InChI=1S/C7H9IN2OS/c1-11-5(4-2-3-4)6-9-7(8)12-10-6/h4-5H,2-3H2,1H3. The molecule has 1 unspecified atom stereocenters. The first kappa shape index (κ1) is 8.83. The van der Waals surface area contributed by atoms with Crippen LogP contribution < -0.4 is 0 Å². The fourth-order valence-electron chi connectivity index (χ4n) is 1.24. The van der Waals surface area contributed by atoms with Crippen molar-refractivity contribution < 1.29 is 4.74 Å². The molecule has 1 atom stereocenters. The van der Waals surface area contributed by atoms with Crippen LogP contribution in [0, 0.1) is 8.93 Å². The lowest BCUT2D eigenvalue weighted by Crippen LogP contribution is -2.05. The van der Waals surface area contributed by atoms with Gasteiger partial charge in [-0.25, -0.2) is 4.98 Å². The Morgan fingerprint density at radius 2 is 2.42 bits per heavy atom. The molecule has 3 nitrogen and oxygen atoms in total. The van der Waals surface area contributed by atoms with E-state index >= 15 is 0 Å². The molecule has 1 heterocycles. The summed E-state index contributed by atoms with van der Waals surface area (Å²) in [4.78, 5) is 4.31. The Hall–Kier alpha value is 0.250. The zero-order valence-electron chi connectivity index (χ0n) is 6.66. The maximum absolute atomic E-state index is 5.35. The highest BCUT2D eigenvalue weighted by atomic mass is 127. The van der Waals surface area contributed by atoms with Crippen molar-refractivity contribution in [3.63, 3.8) is 0 Å². The second-order valence-corrected chi connectivity index (χ2v) is 5.40. The second kappa shape index (κ2) is 3.55. The highest BCUT2D eigenvalue weighted by Gasteiger charge is 2.34. The molecule has 0 aromatic carbocycles. The van der Waals surface area contributed by atoms with Gasteiger partial charge in [0.25, 0.3) is 0 Å². The average Bonchev–Trinajstić information content (AvgIpc) is 2.78. The Kier molecular flexibility index (Phi) is 2.61. The molecule has 2 rings (SSSR count). The lowest BCUT2D eigenvalue weighted by atomic mass is 10.2. The summed E-state index contributed by atoms with van der Waals surface area (Å²) in [6.45, 7) is 0. The third kappa shape index (κ3) is 1.77. The number of halogens is 1. The van der Waals surface area contributed by atoms with Crippen LogP contribution in [0.25, 0.3) is 0 Å². The normalized spacial score (nSPS) is 19.5. The van der Waals surface area contributed by atoms with E-state index in [1.807, 2.05) is 0 Å². The first-order valence-corrected chi connectivity index (χ1v) is 5.68. The zero-order valence-corrected chi connectivity index (χ0v) is 9.63. The summed E-state index contributed by atoms with van der Waals surface area (Å²) in [7, 11) is 1.73. The van der Waals surface area contributed by atoms with Gasteiger partial charge < -0.3 is 4.74 Å². The predicted molar refractivity (Wildman–Crippen MR) is 55.1 cm³/mol. The van der Waals surface area contributed by atoms with Gasteiger partial charge in [-0.15, -0.1) is 0 Å². The predicted octanol–water partition coefficient (Wildman–Crippen LogP) is 2.24. The van der Waals surface area contributed by atoms with E-state index in [2.05, 4.69) is 31.9 Å². The molecule has 5 heteroatoms. The molecule has 0 bridgehead atoms. The Morgan fingerprint density at radius 3 is 2.83 bits per heavy atom. The molecule has 1 fully saturated rings. The minimum Gasteiger partial charge on any atom is -0.373 e. The van der Waals surface area contributed by atoms with Gasteiger partial charge in [-0.05, 0) is 52.9 Å². The van der Waals surface area contributed by atoms with Gasteiger partial charge in [-0.3, -0.25) is 0 Å². The lowest BCUT2D eigenvalue weighted by molar-refractivity contribution is 0.0781. The maximum atomic E-state index is 5.35. The van der Waals surface area contributed by atoms with Crippen molar-refractivity contribution >= 4 is 34.1 Å². The molecular formula is C7H9IN2OS. The van der Waals surface area contributed by atoms with Crippen LogP contribution in [0.4, 0.5) is 0 Å². The van der Waals surface area contributed by atoms with Gasteiger partial charge in [0.15, 0.2) is 8.84 Å². The van der Waals surface area contributed by atoms with Crippen LogP contribution in [-0.2, 0) is 4.74 Å². The Morgan fingerprint density at radius 1 is 1.67 bits per heavy atom. The fourth-order valence-corrected chi connectivity index (χ4v) is 2.23. The van der Waals surface area contributed by atoms with Crippen molar-refractivity contribution in [1.29, 1.82) is 0 Å². The van der Waals surface area contributed by atoms with E-state index in [9.17, 15) is 0 Å². The number of hydrogen-bond acceptors (Lipinski definition) is 4. The van der Waals surface area contributed by atoms with Gasteiger partial charge >= 0.3 is 0 Å². The smallest absolute Gasteiger partial charge is 0.174 e. The summed E-state index contributed by atoms with van der Waals surface area (Å²) in [5.41, 5.74) is 0. The highest BCUT2D eigenvalue weighted by Crippen LogP contribution is 2.42. The summed E-state index contributed by atoms with van der Waals surface area (Å²) >= 11 is 3.62. The summed E-state index contributed by atoms with van der Waals surface area (Å²) in [5, 5.41) is 0. The van der Waals surface area contributed by atoms with Crippen molar-refractivity contribution in [2.75, 3.05) is 7.11 Å². The molecule has 1 aromatic heterocycles. The first-order valence-electron chi connectivity index (χ1n) is 3.83. The molecule has 0 aliphatic heterocycles. The van der Waals surface area contributed by atoms with E-state index in [1.165, 1.54) is 24.4 Å². The van der Waals surface area contributed by atoms with Gasteiger partial charge in [0, 0.05) is 7.11 Å². The topological polar surface area (TPSA) is 35.0 Å². The van der Waals surface area contributed by atoms with Crippen molar-refractivity contribution in [3.05, 3.63) is 8.84 Å². The maximum Gasteiger partial charge on any atom is 0.174 e. The second-order valence-electron chi connectivity index (χ2n) is 2.90. The largest absolute Gasteiger partial charge is 0.373 e. The minimum atomic E-state index is 0.143. The number of hydrogen-bond donors (Lipinski definition) is 0. The number of ether oxygens (including phenoxy) is 1. The van der Waals surface area contributed by atoms with E-state index in [-0.39, 0.29) is 6.10 Å². The molecule has 0 N–H and O–H groups in total. The van der Waals surface area contributed by atoms with Gasteiger partial charge in [0.2, 0.25) is 0 Å². The van der Waals surface area contributed by atoms with Crippen LogP contribution in [0.5, 0.6) is 0 Å². The number of nitrogens with zero attached hydrogens (tertiary/aromatic N) is 2. The van der Waals surface area contributed by atoms with Gasteiger partial charge in [0.05, 0.1) is 0 Å². The van der Waals surface area contributed by atoms with Crippen LogP contribution >= 0.6 is 34.1 Å². The molecule has 1 saturated carbocycles. The zero-order chi connectivity index (χ0) is 8.55. The monoisotopic (exact) mass is 296 g/mol. The van der Waals surface area contributed by atoms with Crippen molar-refractivity contribution in [3.8, 4) is 0 Å². The summed E-state index contributed by atoms with van der Waals surface area (Å²) in [6, 6.07) is 0. The van der Waals surface area contributed by atoms with Crippen molar-refractivity contribution in [2.24, 2.45) is 5.92 Å². The first-order chi connectivity index (χ1) is 5.81. The molecule has 0 amide bonds. The van der Waals surface area contributed by atoms with E-state index in [0.29, 0.717) is 5.92 Å². The number of aromatic nitrogens is 2. The van der Waals surface area contributed by atoms with Crippen LogP contribution in [0.15, 0.2) is 0 Å². The molecule has 12 heavy (non-hydrogen) atoms. The summed E-state index contributed by atoms with van der Waals surface area (Å²) < 4.78 is 10.6. The van der Waals surface area contributed by atoms with Crippen LogP contribution in [0.3, 0.4) is 0 Å². The lowest BCUT2D eigenvalue weighted by Gasteiger charge is -2.08. The molecule has 0 radical (unpaired) electrons. The van der Waals surface area contributed by atoms with E-state index < -0.39 is 0 Å². The third-order valence-corrected chi connectivity index (χ3v) is 3.33. The summed E-state index contributed by atoms with van der Waals surface area (Å²) in [5.74, 6) is 1.54. The molecule has 0 saturated heterocycles. The summed E-state index contributed by atoms with van der Waals surface area (Å²) in [6.07, 6.45) is 2.66. The van der Waals surface area contributed by atoms with Crippen LogP contribution in [0.1, 0.15) is 24.8 Å². The van der Waals surface area contributed by atoms with Gasteiger partial charge in [-0.2, -0.15) is 4.37 Å². The third-order valence-electron chi connectivity index (χ3n) is 1.98. The molecule has 1 aromatic rings. The molecule has 1 aliphatic rings. The number of methoxy groups -OCH3 is 1. The van der Waals surface area contributed by atoms with Gasteiger partial charge in [0.1, 0.15) is 6.10 Å². The Bertz CT molecular complexity index is 274. The Balaban J connectivity index is 2.15. The van der Waals surface area contributed by atoms with Crippen molar-refractivity contribution in [2.45, 2.75) is 18.9 Å².